The van der Waals surface area contributed by atoms with E-state index in [2.05, 4.69) is 30.9 Å². The van der Waals surface area contributed by atoms with E-state index in [0.717, 1.165) is 21.3 Å². The fraction of sp³-hybridized carbons (Fsp3) is 0.333. The molecule has 0 aliphatic heterocycles. The van der Waals surface area contributed by atoms with E-state index in [1.165, 1.54) is 12.8 Å². The molecule has 0 bridgehead atoms. The molecule has 2 heterocycles. The van der Waals surface area contributed by atoms with E-state index in [1.807, 2.05) is 6.20 Å². The first-order valence-electron chi connectivity index (χ1n) is 4.34. The maximum Gasteiger partial charge on any atom is 0.110 e. The van der Waals surface area contributed by atoms with Crippen LogP contribution >= 0.6 is 15.9 Å². The van der Waals surface area contributed by atoms with Gasteiger partial charge in [0.15, 0.2) is 0 Å². The van der Waals surface area contributed by atoms with Crippen LogP contribution in [0.3, 0.4) is 0 Å². The van der Waals surface area contributed by atoms with Gasteiger partial charge in [0.05, 0.1) is 16.2 Å². The van der Waals surface area contributed by atoms with Crippen molar-refractivity contribution in [2.75, 3.05) is 0 Å². The van der Waals surface area contributed by atoms with Gasteiger partial charge in [-0.2, -0.15) is 0 Å². The Morgan fingerprint density at radius 3 is 2.92 bits per heavy atom. The third-order valence-electron chi connectivity index (χ3n) is 2.33. The molecule has 0 saturated heterocycles. The number of aromatic nitrogens is 3. The van der Waals surface area contributed by atoms with Crippen LogP contribution in [-0.2, 0) is 0 Å². The Hall–Kier alpha value is -0.900. The van der Waals surface area contributed by atoms with Crippen molar-refractivity contribution in [3.05, 3.63) is 22.7 Å². The number of hydrogen-bond donors (Lipinski definition) is 1. The van der Waals surface area contributed by atoms with Gasteiger partial charge in [-0.25, -0.2) is 4.98 Å². The second kappa shape index (κ2) is 2.54. The van der Waals surface area contributed by atoms with Gasteiger partial charge in [-0.05, 0) is 28.8 Å². The quantitative estimate of drug-likeness (QED) is 0.829. The molecule has 4 heteroatoms. The fourth-order valence-corrected chi connectivity index (χ4v) is 1.89. The molecule has 1 aliphatic carbocycles. The van der Waals surface area contributed by atoms with Crippen molar-refractivity contribution in [3.8, 4) is 0 Å². The molecule has 2 aromatic rings. The molecule has 66 valence electrons. The van der Waals surface area contributed by atoms with E-state index in [-0.39, 0.29) is 0 Å². The lowest BCUT2D eigenvalue weighted by atomic mass is 10.4. The Balaban J connectivity index is 2.26. The summed E-state index contributed by atoms with van der Waals surface area (Å²) in [4.78, 5) is 11.9. The van der Waals surface area contributed by atoms with Gasteiger partial charge in [-0.15, -0.1) is 0 Å². The minimum Gasteiger partial charge on any atom is -0.340 e. The van der Waals surface area contributed by atoms with Crippen molar-refractivity contribution in [3.63, 3.8) is 0 Å². The van der Waals surface area contributed by atoms with Gasteiger partial charge in [-0.1, -0.05) is 0 Å². The Labute approximate surface area is 83.7 Å². The first-order chi connectivity index (χ1) is 6.34. The molecule has 0 radical (unpaired) electrons. The zero-order valence-electron chi connectivity index (χ0n) is 6.92. The smallest absolute Gasteiger partial charge is 0.110 e. The molecular weight excluding hydrogens is 230 g/mol. The summed E-state index contributed by atoms with van der Waals surface area (Å²) in [5, 5.41) is 0. The average Bonchev–Trinajstić information content (AvgIpc) is 2.87. The number of H-pyrrole nitrogens is 1. The summed E-state index contributed by atoms with van der Waals surface area (Å²) < 4.78 is 0.966. The first kappa shape index (κ1) is 7.50. The van der Waals surface area contributed by atoms with Gasteiger partial charge in [0.2, 0.25) is 0 Å². The number of fused-ring (bicyclic) bond motifs is 1. The molecule has 0 spiro atoms. The Morgan fingerprint density at radius 1 is 1.38 bits per heavy atom. The van der Waals surface area contributed by atoms with Crippen LogP contribution in [-0.4, -0.2) is 15.0 Å². The molecule has 0 aromatic carbocycles. The van der Waals surface area contributed by atoms with E-state index in [4.69, 9.17) is 0 Å². The molecule has 0 amide bonds. The maximum atomic E-state index is 4.53. The van der Waals surface area contributed by atoms with Gasteiger partial charge in [-0.3, -0.25) is 4.98 Å². The number of halogens is 1. The van der Waals surface area contributed by atoms with Crippen LogP contribution in [0.5, 0.6) is 0 Å². The third kappa shape index (κ3) is 1.16. The lowest BCUT2D eigenvalue weighted by molar-refractivity contribution is 0.986. The molecule has 1 aliphatic rings. The monoisotopic (exact) mass is 237 g/mol. The summed E-state index contributed by atoms with van der Waals surface area (Å²) in [5.74, 6) is 1.78. The second-order valence-electron chi connectivity index (χ2n) is 3.41. The van der Waals surface area contributed by atoms with Crippen LogP contribution in [0.4, 0.5) is 0 Å². The second-order valence-corrected chi connectivity index (χ2v) is 4.27. The van der Waals surface area contributed by atoms with Crippen LogP contribution in [0.2, 0.25) is 0 Å². The Morgan fingerprint density at radius 2 is 2.23 bits per heavy atom. The fourth-order valence-electron chi connectivity index (χ4n) is 1.47. The minimum atomic E-state index is 0.666. The number of rotatable bonds is 1. The van der Waals surface area contributed by atoms with Gasteiger partial charge >= 0.3 is 0 Å². The number of nitrogens with one attached hydrogen (secondary N) is 1. The SMILES string of the molecule is Brc1cncc2[nH]c(C3CC3)nc12. The van der Waals surface area contributed by atoms with Crippen LogP contribution in [0, 0.1) is 0 Å². The molecule has 0 unspecified atom stereocenters. The molecule has 1 N–H and O–H groups in total. The number of pyridine rings is 1. The lowest BCUT2D eigenvalue weighted by Crippen LogP contribution is -1.79. The Bertz CT molecular complexity index is 459. The zero-order chi connectivity index (χ0) is 8.84. The summed E-state index contributed by atoms with van der Waals surface area (Å²) in [6.07, 6.45) is 6.13. The number of imidazole rings is 1. The van der Waals surface area contributed by atoms with Crippen molar-refractivity contribution < 1.29 is 0 Å². The van der Waals surface area contributed by atoms with Gasteiger partial charge in [0, 0.05) is 12.1 Å². The molecule has 1 saturated carbocycles. The number of aromatic amines is 1. The summed E-state index contributed by atoms with van der Waals surface area (Å²) >= 11 is 3.43. The minimum absolute atomic E-state index is 0.666. The topological polar surface area (TPSA) is 41.6 Å². The normalized spacial score (nSPS) is 16.7. The van der Waals surface area contributed by atoms with Crippen molar-refractivity contribution in [2.45, 2.75) is 18.8 Å². The maximum absolute atomic E-state index is 4.53. The van der Waals surface area contributed by atoms with Gasteiger partial charge in [0.1, 0.15) is 11.3 Å². The van der Waals surface area contributed by atoms with E-state index in [1.54, 1.807) is 6.20 Å². The molecule has 3 rings (SSSR count). The number of hydrogen-bond acceptors (Lipinski definition) is 2. The van der Waals surface area contributed by atoms with Crippen LogP contribution in [0.25, 0.3) is 11.0 Å². The summed E-state index contributed by atoms with van der Waals surface area (Å²) in [6, 6.07) is 0. The van der Waals surface area contributed by atoms with Crippen molar-refractivity contribution in [2.24, 2.45) is 0 Å². The van der Waals surface area contributed by atoms with E-state index in [9.17, 15) is 0 Å². The molecule has 2 aromatic heterocycles. The van der Waals surface area contributed by atoms with E-state index >= 15 is 0 Å². The lowest BCUT2D eigenvalue weighted by Gasteiger charge is -1.87. The highest BCUT2D eigenvalue weighted by molar-refractivity contribution is 9.10. The summed E-state index contributed by atoms with van der Waals surface area (Å²) in [6.45, 7) is 0. The molecular formula is C9H8BrN3. The van der Waals surface area contributed by atoms with Crippen LogP contribution < -0.4 is 0 Å². The average molecular weight is 238 g/mol. The van der Waals surface area contributed by atoms with Crippen LogP contribution in [0.15, 0.2) is 16.9 Å². The number of nitrogens with zero attached hydrogens (tertiary/aromatic N) is 2. The van der Waals surface area contributed by atoms with Crippen molar-refractivity contribution in [1.82, 2.24) is 15.0 Å². The summed E-state index contributed by atoms with van der Waals surface area (Å²) in [5.41, 5.74) is 2.02. The van der Waals surface area contributed by atoms with Crippen molar-refractivity contribution >= 4 is 27.0 Å². The highest BCUT2D eigenvalue weighted by atomic mass is 79.9. The standard InChI is InChI=1S/C9H8BrN3/c10-6-3-11-4-7-8(6)13-9(12-7)5-1-2-5/h3-5H,1-2H2,(H,12,13). The predicted octanol–water partition coefficient (Wildman–Crippen LogP) is 2.60. The Kier molecular flexibility index (Phi) is 1.47. The third-order valence-corrected chi connectivity index (χ3v) is 2.91. The molecule has 3 nitrogen and oxygen atoms in total. The van der Waals surface area contributed by atoms with Crippen LogP contribution in [0.1, 0.15) is 24.6 Å². The van der Waals surface area contributed by atoms with E-state index in [0.29, 0.717) is 5.92 Å². The molecule has 0 atom stereocenters. The van der Waals surface area contributed by atoms with Crippen molar-refractivity contribution in [1.29, 1.82) is 0 Å². The van der Waals surface area contributed by atoms with Gasteiger partial charge < -0.3 is 4.98 Å². The summed E-state index contributed by atoms with van der Waals surface area (Å²) in [7, 11) is 0. The highest BCUT2D eigenvalue weighted by Crippen LogP contribution is 2.39. The highest BCUT2D eigenvalue weighted by Gasteiger charge is 2.26. The predicted molar refractivity (Wildman–Crippen MR) is 53.6 cm³/mol. The van der Waals surface area contributed by atoms with Gasteiger partial charge in [0.25, 0.3) is 0 Å². The molecule has 13 heavy (non-hydrogen) atoms. The largest absolute Gasteiger partial charge is 0.340 e. The molecule has 1 fully saturated rings. The first-order valence-corrected chi connectivity index (χ1v) is 5.13. The van der Waals surface area contributed by atoms with E-state index < -0.39 is 0 Å². The zero-order valence-corrected chi connectivity index (χ0v) is 8.50.